The topological polar surface area (TPSA) is 35.5 Å². The molecule has 0 bridgehead atoms. The van der Waals surface area contributed by atoms with Gasteiger partial charge < -0.3 is 15.3 Å². The predicted octanol–water partition coefficient (Wildman–Crippen LogP) is -0.482. The molecule has 1 atom stereocenters. The van der Waals surface area contributed by atoms with E-state index < -0.39 is 0 Å². The van der Waals surface area contributed by atoms with Gasteiger partial charge in [0.05, 0.1) is 6.61 Å². The van der Waals surface area contributed by atoms with Crippen LogP contribution in [0.2, 0.25) is 0 Å². The number of nitrogens with one attached hydrogen (secondary N) is 1. The molecule has 0 rings (SSSR count). The fourth-order valence-corrected chi connectivity index (χ4v) is 0.741. The van der Waals surface area contributed by atoms with Gasteiger partial charge in [0.15, 0.2) is 0 Å². The van der Waals surface area contributed by atoms with E-state index in [9.17, 15) is 0 Å². The quantitative estimate of drug-likeness (QED) is 0.550. The van der Waals surface area contributed by atoms with E-state index in [1.165, 1.54) is 0 Å². The summed E-state index contributed by atoms with van der Waals surface area (Å²) >= 11 is 0. The van der Waals surface area contributed by atoms with Crippen LogP contribution in [0.4, 0.5) is 0 Å². The van der Waals surface area contributed by atoms with E-state index in [-0.39, 0.29) is 12.6 Å². The molecule has 1 unspecified atom stereocenters. The first-order valence-electron chi connectivity index (χ1n) is 3.63. The van der Waals surface area contributed by atoms with Crippen molar-refractivity contribution < 1.29 is 5.11 Å². The first kappa shape index (κ1) is 9.88. The molecule has 10 heavy (non-hydrogen) atoms. The van der Waals surface area contributed by atoms with Crippen LogP contribution in [0.3, 0.4) is 0 Å². The van der Waals surface area contributed by atoms with Crippen molar-refractivity contribution in [2.45, 2.75) is 12.5 Å². The van der Waals surface area contributed by atoms with Gasteiger partial charge in [-0.3, -0.25) is 0 Å². The van der Waals surface area contributed by atoms with Crippen molar-refractivity contribution in [3.63, 3.8) is 0 Å². The molecule has 0 fully saturated rings. The van der Waals surface area contributed by atoms with Crippen LogP contribution in [-0.4, -0.2) is 50.3 Å². The Balaban J connectivity index is 3.26. The highest BCUT2D eigenvalue weighted by Gasteiger charge is 2.02. The summed E-state index contributed by atoms with van der Waals surface area (Å²) in [5, 5.41) is 11.8. The summed E-state index contributed by atoms with van der Waals surface area (Å²) in [6.07, 6.45) is 1.00. The number of hydrogen-bond acceptors (Lipinski definition) is 3. The summed E-state index contributed by atoms with van der Waals surface area (Å²) < 4.78 is 0. The number of rotatable bonds is 5. The van der Waals surface area contributed by atoms with Crippen LogP contribution < -0.4 is 5.32 Å². The summed E-state index contributed by atoms with van der Waals surface area (Å²) in [5.41, 5.74) is 0. The largest absolute Gasteiger partial charge is 0.395 e. The van der Waals surface area contributed by atoms with Crippen LogP contribution in [0.25, 0.3) is 0 Å². The average Bonchev–Trinajstić information content (AvgIpc) is 1.90. The highest BCUT2D eigenvalue weighted by atomic mass is 16.3. The highest BCUT2D eigenvalue weighted by Crippen LogP contribution is 1.90. The first-order chi connectivity index (χ1) is 4.70. The molecule has 0 aliphatic heterocycles. The fraction of sp³-hybridized carbons (Fsp3) is 1.00. The van der Waals surface area contributed by atoms with Crippen LogP contribution in [0.5, 0.6) is 0 Å². The molecule has 0 aromatic carbocycles. The maximum atomic E-state index is 8.76. The molecule has 0 radical (unpaired) electrons. The number of likely N-dealkylation sites (N-methyl/N-ethyl adjacent to an activating group) is 1. The van der Waals surface area contributed by atoms with Gasteiger partial charge in [-0.1, -0.05) is 0 Å². The molecule has 3 nitrogen and oxygen atoms in total. The molecule has 0 heterocycles. The molecule has 0 saturated carbocycles. The molecule has 0 amide bonds. The van der Waals surface area contributed by atoms with Gasteiger partial charge in [-0.2, -0.15) is 0 Å². The zero-order chi connectivity index (χ0) is 7.98. The summed E-state index contributed by atoms with van der Waals surface area (Å²) in [4.78, 5) is 2.11. The lowest BCUT2D eigenvalue weighted by atomic mass is 10.2. The third kappa shape index (κ3) is 4.73. The van der Waals surface area contributed by atoms with Crippen molar-refractivity contribution in [3.05, 3.63) is 0 Å². The van der Waals surface area contributed by atoms with Crippen LogP contribution in [0.1, 0.15) is 6.42 Å². The maximum absolute atomic E-state index is 8.76. The minimum Gasteiger partial charge on any atom is -0.395 e. The zero-order valence-electron chi connectivity index (χ0n) is 7.09. The summed E-state index contributed by atoms with van der Waals surface area (Å²) in [7, 11) is 5.94. The van der Waals surface area contributed by atoms with Crippen LogP contribution in [-0.2, 0) is 0 Å². The first-order valence-corrected chi connectivity index (χ1v) is 3.63. The van der Waals surface area contributed by atoms with Gasteiger partial charge in [0.1, 0.15) is 0 Å². The number of aliphatic hydroxyl groups excluding tert-OH is 1. The van der Waals surface area contributed by atoms with Crippen molar-refractivity contribution in [1.82, 2.24) is 10.2 Å². The van der Waals surface area contributed by atoms with E-state index in [4.69, 9.17) is 5.11 Å². The molecule has 0 saturated heterocycles. The minimum atomic E-state index is 0.227. The van der Waals surface area contributed by atoms with Crippen molar-refractivity contribution in [1.29, 1.82) is 0 Å². The Morgan fingerprint density at radius 3 is 2.40 bits per heavy atom. The Morgan fingerprint density at radius 2 is 2.10 bits per heavy atom. The van der Waals surface area contributed by atoms with E-state index >= 15 is 0 Å². The fourth-order valence-electron chi connectivity index (χ4n) is 0.741. The predicted molar refractivity (Wildman–Crippen MR) is 43.1 cm³/mol. The van der Waals surface area contributed by atoms with Crippen molar-refractivity contribution in [3.8, 4) is 0 Å². The van der Waals surface area contributed by atoms with Gasteiger partial charge >= 0.3 is 0 Å². The Kier molecular flexibility index (Phi) is 5.58. The third-order valence-electron chi connectivity index (χ3n) is 1.55. The van der Waals surface area contributed by atoms with Crippen LogP contribution >= 0.6 is 0 Å². The van der Waals surface area contributed by atoms with E-state index in [1.54, 1.807) is 0 Å². The monoisotopic (exact) mass is 146 g/mol. The second-order valence-corrected chi connectivity index (χ2v) is 2.76. The smallest absolute Gasteiger partial charge is 0.0585 e. The Hall–Kier alpha value is -0.120. The molecule has 3 heteroatoms. The normalized spacial score (nSPS) is 14.1. The SMILES string of the molecule is CNC(CO)CCN(C)C. The number of nitrogens with zero attached hydrogens (tertiary/aromatic N) is 1. The summed E-state index contributed by atoms with van der Waals surface area (Å²) in [6, 6.07) is 0.252. The summed E-state index contributed by atoms with van der Waals surface area (Å²) in [6.45, 7) is 1.25. The average molecular weight is 146 g/mol. The molecule has 62 valence electrons. The van der Waals surface area contributed by atoms with E-state index in [0.29, 0.717) is 0 Å². The van der Waals surface area contributed by atoms with Gasteiger partial charge in [-0.15, -0.1) is 0 Å². The molecular weight excluding hydrogens is 128 g/mol. The lowest BCUT2D eigenvalue weighted by Crippen LogP contribution is -2.32. The summed E-state index contributed by atoms with van der Waals surface area (Å²) in [5.74, 6) is 0. The minimum absolute atomic E-state index is 0.227. The number of aliphatic hydroxyl groups is 1. The van der Waals surface area contributed by atoms with E-state index in [0.717, 1.165) is 13.0 Å². The van der Waals surface area contributed by atoms with Crippen molar-refractivity contribution >= 4 is 0 Å². The Labute approximate surface area is 63.0 Å². The zero-order valence-corrected chi connectivity index (χ0v) is 7.09. The van der Waals surface area contributed by atoms with Gasteiger partial charge in [-0.25, -0.2) is 0 Å². The standard InChI is InChI=1S/C7H18N2O/c1-8-7(6-10)4-5-9(2)3/h7-8,10H,4-6H2,1-3H3. The van der Waals surface area contributed by atoms with E-state index in [2.05, 4.69) is 10.2 Å². The van der Waals surface area contributed by atoms with Crippen molar-refractivity contribution in [2.75, 3.05) is 34.3 Å². The Bertz CT molecular complexity index is 72.0. The molecule has 0 aromatic rings. The molecule has 2 N–H and O–H groups in total. The maximum Gasteiger partial charge on any atom is 0.0585 e. The van der Waals surface area contributed by atoms with Gasteiger partial charge in [0.2, 0.25) is 0 Å². The molecular formula is C7H18N2O. The van der Waals surface area contributed by atoms with Gasteiger partial charge in [0, 0.05) is 6.04 Å². The molecule has 0 aliphatic rings. The van der Waals surface area contributed by atoms with Crippen LogP contribution in [0, 0.1) is 0 Å². The highest BCUT2D eigenvalue weighted by molar-refractivity contribution is 4.63. The van der Waals surface area contributed by atoms with E-state index in [1.807, 2.05) is 21.1 Å². The van der Waals surface area contributed by atoms with Gasteiger partial charge in [-0.05, 0) is 34.1 Å². The van der Waals surface area contributed by atoms with Crippen molar-refractivity contribution in [2.24, 2.45) is 0 Å². The molecule has 0 aliphatic carbocycles. The lowest BCUT2D eigenvalue weighted by Gasteiger charge is -2.15. The van der Waals surface area contributed by atoms with Crippen LogP contribution in [0.15, 0.2) is 0 Å². The lowest BCUT2D eigenvalue weighted by molar-refractivity contribution is 0.230. The third-order valence-corrected chi connectivity index (χ3v) is 1.55. The second-order valence-electron chi connectivity index (χ2n) is 2.76. The Morgan fingerprint density at radius 1 is 1.50 bits per heavy atom. The number of hydrogen-bond donors (Lipinski definition) is 2. The van der Waals surface area contributed by atoms with Gasteiger partial charge in [0.25, 0.3) is 0 Å². The molecule has 0 spiro atoms. The second kappa shape index (κ2) is 5.65. The molecule has 0 aromatic heterocycles.